The predicted octanol–water partition coefficient (Wildman–Crippen LogP) is 4.62. The van der Waals surface area contributed by atoms with Gasteiger partial charge < -0.3 is 14.6 Å². The number of aromatic hydroxyl groups is 1. The molecule has 3 rings (SSSR count). The molecule has 0 saturated heterocycles. The van der Waals surface area contributed by atoms with E-state index in [9.17, 15) is 9.90 Å². The molecule has 0 saturated carbocycles. The van der Waals surface area contributed by atoms with Crippen molar-refractivity contribution in [1.29, 1.82) is 0 Å². The zero-order valence-corrected chi connectivity index (χ0v) is 14.7. The van der Waals surface area contributed by atoms with Crippen molar-refractivity contribution in [1.82, 2.24) is 0 Å². The first-order valence-corrected chi connectivity index (χ1v) is 7.97. The average molecular weight is 336 g/mol. The maximum absolute atomic E-state index is 12.4. The lowest BCUT2D eigenvalue weighted by molar-refractivity contribution is 0.0602. The number of phenolic OH excluding ortho intramolecular Hbond substituents is 1. The maximum atomic E-state index is 12.4. The topological polar surface area (TPSA) is 55.8 Å². The number of ether oxygens (including phenoxy) is 2. The Morgan fingerprint density at radius 2 is 1.72 bits per heavy atom. The van der Waals surface area contributed by atoms with Crippen LogP contribution in [-0.4, -0.2) is 25.3 Å². The first kappa shape index (κ1) is 16.8. The Hall–Kier alpha value is -3.01. The van der Waals surface area contributed by atoms with Gasteiger partial charge in [-0.3, -0.25) is 0 Å². The molecule has 0 unspecified atom stereocenters. The van der Waals surface area contributed by atoms with Gasteiger partial charge in [-0.25, -0.2) is 4.79 Å². The van der Waals surface area contributed by atoms with E-state index < -0.39 is 5.97 Å². The number of methoxy groups -OCH3 is 2. The van der Waals surface area contributed by atoms with Crippen LogP contribution in [0, 0.1) is 13.8 Å². The number of esters is 1. The van der Waals surface area contributed by atoms with E-state index in [1.54, 1.807) is 19.2 Å². The summed E-state index contributed by atoms with van der Waals surface area (Å²) in [5.74, 6) is 0.355. The number of carbonyl (C=O) groups is 1. The minimum Gasteiger partial charge on any atom is -0.507 e. The molecular formula is C21H20O4. The van der Waals surface area contributed by atoms with Crippen LogP contribution < -0.4 is 4.74 Å². The number of hydrogen-bond acceptors (Lipinski definition) is 4. The van der Waals surface area contributed by atoms with Gasteiger partial charge in [0.1, 0.15) is 11.5 Å². The monoisotopic (exact) mass is 336 g/mol. The largest absolute Gasteiger partial charge is 0.507 e. The quantitative estimate of drug-likeness (QED) is 0.709. The Bertz CT molecular complexity index is 973. The summed E-state index contributed by atoms with van der Waals surface area (Å²) < 4.78 is 10.5. The van der Waals surface area contributed by atoms with Crippen LogP contribution >= 0.6 is 0 Å². The predicted molar refractivity (Wildman–Crippen MR) is 98.4 cm³/mol. The van der Waals surface area contributed by atoms with E-state index in [0.29, 0.717) is 22.4 Å². The Morgan fingerprint density at radius 3 is 2.40 bits per heavy atom. The van der Waals surface area contributed by atoms with E-state index in [-0.39, 0.29) is 5.75 Å². The summed E-state index contributed by atoms with van der Waals surface area (Å²) in [6.07, 6.45) is 0. The third-order valence-electron chi connectivity index (χ3n) is 4.47. The fraction of sp³-hybridized carbons (Fsp3) is 0.190. The highest BCUT2D eigenvalue weighted by Crippen LogP contribution is 2.44. The Balaban J connectivity index is 2.49. The van der Waals surface area contributed by atoms with Crippen molar-refractivity contribution >= 4 is 16.7 Å². The SMILES string of the molecule is COC(=O)c1ccc2ccccc2c1-c1c(O)cc(C)c(OC)c1C. The molecule has 0 amide bonds. The first-order valence-electron chi connectivity index (χ1n) is 7.97. The van der Waals surface area contributed by atoms with E-state index >= 15 is 0 Å². The molecule has 0 heterocycles. The van der Waals surface area contributed by atoms with Crippen LogP contribution in [0.25, 0.3) is 21.9 Å². The second-order valence-corrected chi connectivity index (χ2v) is 5.95. The van der Waals surface area contributed by atoms with Crippen LogP contribution in [0.2, 0.25) is 0 Å². The van der Waals surface area contributed by atoms with Crippen LogP contribution in [0.5, 0.6) is 11.5 Å². The Morgan fingerprint density at radius 1 is 1.00 bits per heavy atom. The third-order valence-corrected chi connectivity index (χ3v) is 4.47. The van der Waals surface area contributed by atoms with Gasteiger partial charge in [-0.15, -0.1) is 0 Å². The van der Waals surface area contributed by atoms with Crippen LogP contribution in [0.1, 0.15) is 21.5 Å². The summed E-state index contributed by atoms with van der Waals surface area (Å²) in [6, 6.07) is 13.0. The molecule has 3 aromatic carbocycles. The first-order chi connectivity index (χ1) is 12.0. The van der Waals surface area contributed by atoms with Crippen LogP contribution in [-0.2, 0) is 4.74 Å². The lowest BCUT2D eigenvalue weighted by Crippen LogP contribution is -2.05. The van der Waals surface area contributed by atoms with Crippen molar-refractivity contribution in [3.8, 4) is 22.6 Å². The van der Waals surface area contributed by atoms with Crippen LogP contribution in [0.3, 0.4) is 0 Å². The number of carbonyl (C=O) groups excluding carboxylic acids is 1. The molecule has 0 aliphatic carbocycles. The summed E-state index contributed by atoms with van der Waals surface area (Å²) in [6.45, 7) is 3.75. The number of hydrogen-bond donors (Lipinski definition) is 1. The summed E-state index contributed by atoms with van der Waals surface area (Å²) in [5, 5.41) is 12.5. The molecule has 1 N–H and O–H groups in total. The lowest BCUT2D eigenvalue weighted by Gasteiger charge is -2.19. The Labute approximate surface area is 146 Å². The summed E-state index contributed by atoms with van der Waals surface area (Å²) in [7, 11) is 2.95. The van der Waals surface area contributed by atoms with Gasteiger partial charge in [0, 0.05) is 16.7 Å². The van der Waals surface area contributed by atoms with E-state index in [0.717, 1.165) is 21.9 Å². The second kappa shape index (κ2) is 6.48. The smallest absolute Gasteiger partial charge is 0.338 e. The van der Waals surface area contributed by atoms with Crippen LogP contribution in [0.4, 0.5) is 0 Å². The molecule has 0 atom stereocenters. The van der Waals surface area contributed by atoms with E-state index in [2.05, 4.69) is 0 Å². The molecular weight excluding hydrogens is 316 g/mol. The van der Waals surface area contributed by atoms with Crippen molar-refractivity contribution in [2.75, 3.05) is 14.2 Å². The molecule has 0 aliphatic heterocycles. The lowest BCUT2D eigenvalue weighted by atomic mass is 9.89. The third kappa shape index (κ3) is 2.70. The zero-order chi connectivity index (χ0) is 18.1. The molecule has 25 heavy (non-hydrogen) atoms. The van der Waals surface area contributed by atoms with Crippen molar-refractivity contribution in [2.24, 2.45) is 0 Å². The average Bonchev–Trinajstić information content (AvgIpc) is 2.61. The van der Waals surface area contributed by atoms with Gasteiger partial charge in [0.2, 0.25) is 0 Å². The molecule has 0 spiro atoms. The van der Waals surface area contributed by atoms with Crippen molar-refractivity contribution in [3.63, 3.8) is 0 Å². The molecule has 128 valence electrons. The fourth-order valence-corrected chi connectivity index (χ4v) is 3.39. The Kier molecular flexibility index (Phi) is 4.36. The molecule has 0 aromatic heterocycles. The number of rotatable bonds is 3. The zero-order valence-electron chi connectivity index (χ0n) is 14.7. The fourth-order valence-electron chi connectivity index (χ4n) is 3.39. The summed E-state index contributed by atoms with van der Waals surface area (Å²) in [5.41, 5.74) is 3.26. The number of benzene rings is 3. The number of phenols is 1. The summed E-state index contributed by atoms with van der Waals surface area (Å²) in [4.78, 5) is 12.4. The van der Waals surface area contributed by atoms with Crippen molar-refractivity contribution in [3.05, 3.63) is 59.2 Å². The standard InChI is InChI=1S/C21H20O4/c1-12-11-17(22)18(13(2)20(12)24-3)19-15-8-6-5-7-14(15)9-10-16(19)21(23)25-4/h5-11,22H,1-4H3. The molecule has 0 fully saturated rings. The van der Waals surface area contributed by atoms with Gasteiger partial charge in [-0.2, -0.15) is 0 Å². The van der Waals surface area contributed by atoms with Gasteiger partial charge in [-0.05, 0) is 42.3 Å². The molecule has 0 bridgehead atoms. The summed E-state index contributed by atoms with van der Waals surface area (Å²) >= 11 is 0. The van der Waals surface area contributed by atoms with E-state index in [1.165, 1.54) is 7.11 Å². The van der Waals surface area contributed by atoms with Gasteiger partial charge in [0.05, 0.1) is 19.8 Å². The normalized spacial score (nSPS) is 10.7. The van der Waals surface area contributed by atoms with E-state index in [4.69, 9.17) is 9.47 Å². The number of fused-ring (bicyclic) bond motifs is 1. The molecule has 4 nitrogen and oxygen atoms in total. The molecule has 4 heteroatoms. The molecule has 0 aliphatic rings. The minimum absolute atomic E-state index is 0.109. The highest BCUT2D eigenvalue weighted by Gasteiger charge is 2.23. The molecule has 3 aromatic rings. The second-order valence-electron chi connectivity index (χ2n) is 5.95. The van der Waals surface area contributed by atoms with Gasteiger partial charge in [0.15, 0.2) is 0 Å². The van der Waals surface area contributed by atoms with Crippen LogP contribution in [0.15, 0.2) is 42.5 Å². The van der Waals surface area contributed by atoms with Crippen molar-refractivity contribution < 1.29 is 19.4 Å². The number of aryl methyl sites for hydroxylation is 1. The van der Waals surface area contributed by atoms with Crippen molar-refractivity contribution in [2.45, 2.75) is 13.8 Å². The van der Waals surface area contributed by atoms with Gasteiger partial charge >= 0.3 is 5.97 Å². The minimum atomic E-state index is -0.445. The maximum Gasteiger partial charge on any atom is 0.338 e. The van der Waals surface area contributed by atoms with Gasteiger partial charge in [-0.1, -0.05) is 30.3 Å². The highest BCUT2D eigenvalue weighted by molar-refractivity contribution is 6.09. The van der Waals surface area contributed by atoms with Gasteiger partial charge in [0.25, 0.3) is 0 Å². The highest BCUT2D eigenvalue weighted by atomic mass is 16.5. The molecule has 0 radical (unpaired) electrons. The van der Waals surface area contributed by atoms with E-state index in [1.807, 2.05) is 44.2 Å².